The molecule has 0 N–H and O–H groups in total. The highest BCUT2D eigenvalue weighted by Crippen LogP contribution is 2.20. The van der Waals surface area contributed by atoms with Crippen LogP contribution in [0.1, 0.15) is 6.42 Å². The van der Waals surface area contributed by atoms with Crippen LogP contribution in [0.3, 0.4) is 0 Å². The first kappa shape index (κ1) is 16.5. The van der Waals surface area contributed by atoms with E-state index in [1.54, 1.807) is 35.7 Å². The molecule has 0 saturated carbocycles. The normalized spacial score (nSPS) is 18.4. The monoisotopic (exact) mass is 332 g/mol. The van der Waals surface area contributed by atoms with E-state index in [-0.39, 0.29) is 0 Å². The van der Waals surface area contributed by atoms with Gasteiger partial charge in [-0.25, -0.2) is 8.42 Å². The summed E-state index contributed by atoms with van der Waals surface area (Å²) in [4.78, 5) is 2.52. The van der Waals surface area contributed by atoms with Gasteiger partial charge in [-0.05, 0) is 37.2 Å². The molecule has 2 rings (SSSR count). The zero-order chi connectivity index (χ0) is 15.3. The molecule has 0 radical (unpaired) electrons. The molecule has 1 saturated heterocycles. The molecule has 0 bridgehead atoms. The number of hydrogen-bond acceptors (Lipinski definition) is 4. The van der Waals surface area contributed by atoms with Crippen LogP contribution in [0.2, 0.25) is 0 Å². The van der Waals surface area contributed by atoms with Crippen LogP contribution < -0.4 is 4.74 Å². The van der Waals surface area contributed by atoms with Gasteiger partial charge in [0.05, 0.1) is 12.0 Å². The minimum Gasteiger partial charge on any atom is -0.497 e. The molecule has 0 amide bonds. The molecule has 0 aliphatic carbocycles. The van der Waals surface area contributed by atoms with Crippen LogP contribution in [0.5, 0.6) is 5.75 Å². The summed E-state index contributed by atoms with van der Waals surface area (Å²) in [6.07, 6.45) is 0.826. The number of alkyl halides is 1. The number of methoxy groups -OCH3 is 1. The van der Waals surface area contributed by atoms with E-state index in [4.69, 9.17) is 16.3 Å². The van der Waals surface area contributed by atoms with E-state index < -0.39 is 10.0 Å². The summed E-state index contributed by atoms with van der Waals surface area (Å²) in [5, 5.41) is 0. The van der Waals surface area contributed by atoms with Gasteiger partial charge in [0.2, 0.25) is 10.0 Å². The molecule has 1 aromatic rings. The third kappa shape index (κ3) is 4.10. The third-order valence-electron chi connectivity index (χ3n) is 3.65. The molecule has 1 aromatic carbocycles. The molecule has 1 heterocycles. The SMILES string of the molecule is COc1ccc(S(=O)(=O)N2CCCN(CCCl)CC2)cc1. The molecule has 0 atom stereocenters. The van der Waals surface area contributed by atoms with Crippen molar-refractivity contribution in [2.24, 2.45) is 0 Å². The lowest BCUT2D eigenvalue weighted by Gasteiger charge is -2.21. The smallest absolute Gasteiger partial charge is 0.243 e. The van der Waals surface area contributed by atoms with Gasteiger partial charge in [-0.1, -0.05) is 0 Å². The Hall–Kier alpha value is -0.820. The Morgan fingerprint density at radius 3 is 2.48 bits per heavy atom. The molecule has 118 valence electrons. The van der Waals surface area contributed by atoms with Crippen molar-refractivity contribution in [1.82, 2.24) is 9.21 Å². The maximum Gasteiger partial charge on any atom is 0.243 e. The first-order chi connectivity index (χ1) is 10.1. The second-order valence-corrected chi connectivity index (χ2v) is 7.28. The predicted molar refractivity (Wildman–Crippen MR) is 83.5 cm³/mol. The van der Waals surface area contributed by atoms with Gasteiger partial charge in [0.15, 0.2) is 0 Å². The van der Waals surface area contributed by atoms with Gasteiger partial charge in [-0.15, -0.1) is 11.6 Å². The van der Waals surface area contributed by atoms with Gasteiger partial charge in [0, 0.05) is 32.1 Å². The summed E-state index contributed by atoms with van der Waals surface area (Å²) in [5.74, 6) is 1.23. The average Bonchev–Trinajstić information content (AvgIpc) is 2.74. The topological polar surface area (TPSA) is 49.9 Å². The van der Waals surface area contributed by atoms with Crippen LogP contribution >= 0.6 is 11.6 Å². The first-order valence-electron chi connectivity index (χ1n) is 7.00. The summed E-state index contributed by atoms with van der Waals surface area (Å²) in [5.41, 5.74) is 0. The van der Waals surface area contributed by atoms with Crippen LogP contribution in [-0.4, -0.2) is 63.3 Å². The highest BCUT2D eigenvalue weighted by Gasteiger charge is 2.26. The molecule has 1 aliphatic rings. The Bertz CT molecular complexity index is 548. The van der Waals surface area contributed by atoms with E-state index in [1.165, 1.54) is 0 Å². The summed E-state index contributed by atoms with van der Waals surface area (Å²) in [7, 11) is -1.87. The summed E-state index contributed by atoms with van der Waals surface area (Å²) in [6, 6.07) is 6.53. The highest BCUT2D eigenvalue weighted by molar-refractivity contribution is 7.89. The lowest BCUT2D eigenvalue weighted by molar-refractivity contribution is 0.303. The molecule has 1 aliphatic heterocycles. The van der Waals surface area contributed by atoms with Crippen LogP contribution in [0.4, 0.5) is 0 Å². The average molecular weight is 333 g/mol. The lowest BCUT2D eigenvalue weighted by Crippen LogP contribution is -2.35. The Labute approximate surface area is 131 Å². The van der Waals surface area contributed by atoms with Crippen LogP contribution in [0.15, 0.2) is 29.2 Å². The van der Waals surface area contributed by atoms with Crippen LogP contribution in [0, 0.1) is 0 Å². The third-order valence-corrected chi connectivity index (χ3v) is 5.73. The zero-order valence-corrected chi connectivity index (χ0v) is 13.7. The predicted octanol–water partition coefficient (Wildman–Crippen LogP) is 1.63. The van der Waals surface area contributed by atoms with Crippen molar-refractivity contribution in [3.63, 3.8) is 0 Å². The number of sulfonamides is 1. The number of hydrogen-bond donors (Lipinski definition) is 0. The van der Waals surface area contributed by atoms with E-state index in [2.05, 4.69) is 4.90 Å². The van der Waals surface area contributed by atoms with E-state index in [0.717, 1.165) is 26.1 Å². The quantitative estimate of drug-likeness (QED) is 0.769. The van der Waals surface area contributed by atoms with Crippen molar-refractivity contribution in [3.05, 3.63) is 24.3 Å². The van der Waals surface area contributed by atoms with Crippen molar-refractivity contribution >= 4 is 21.6 Å². The van der Waals surface area contributed by atoms with Gasteiger partial charge >= 0.3 is 0 Å². The molecule has 0 unspecified atom stereocenters. The number of benzene rings is 1. The minimum atomic E-state index is -3.43. The largest absolute Gasteiger partial charge is 0.497 e. The molecule has 7 heteroatoms. The molecule has 21 heavy (non-hydrogen) atoms. The van der Waals surface area contributed by atoms with Crippen LogP contribution in [-0.2, 0) is 10.0 Å². The molecule has 5 nitrogen and oxygen atoms in total. The second kappa shape index (κ2) is 7.45. The Balaban J connectivity index is 2.11. The van der Waals surface area contributed by atoms with E-state index in [9.17, 15) is 8.42 Å². The molecular weight excluding hydrogens is 312 g/mol. The maximum absolute atomic E-state index is 12.6. The number of nitrogens with zero attached hydrogens (tertiary/aromatic N) is 2. The summed E-state index contributed by atoms with van der Waals surface area (Å²) < 4.78 is 31.9. The van der Waals surface area contributed by atoms with Crippen LogP contribution in [0.25, 0.3) is 0 Å². The first-order valence-corrected chi connectivity index (χ1v) is 8.98. The van der Waals surface area contributed by atoms with Crippen molar-refractivity contribution in [2.75, 3.05) is 45.7 Å². The summed E-state index contributed by atoms with van der Waals surface area (Å²) >= 11 is 5.75. The molecule has 0 aromatic heterocycles. The van der Waals surface area contributed by atoms with Gasteiger partial charge < -0.3 is 9.64 Å². The Morgan fingerprint density at radius 1 is 1.14 bits per heavy atom. The standard InChI is InChI=1S/C14H21ClN2O3S/c1-20-13-3-5-14(6-4-13)21(18,19)17-9-2-8-16(10-7-15)11-12-17/h3-6H,2,7-12H2,1H3. The zero-order valence-electron chi connectivity index (χ0n) is 12.2. The number of halogens is 1. The minimum absolute atomic E-state index is 0.314. The fraction of sp³-hybridized carbons (Fsp3) is 0.571. The number of rotatable bonds is 5. The van der Waals surface area contributed by atoms with Gasteiger partial charge in [0.25, 0.3) is 0 Å². The molecular formula is C14H21ClN2O3S. The van der Waals surface area contributed by atoms with Crippen molar-refractivity contribution in [1.29, 1.82) is 0 Å². The van der Waals surface area contributed by atoms with Gasteiger partial charge in [-0.2, -0.15) is 4.31 Å². The maximum atomic E-state index is 12.6. The van der Waals surface area contributed by atoms with E-state index >= 15 is 0 Å². The van der Waals surface area contributed by atoms with E-state index in [1.807, 2.05) is 0 Å². The van der Waals surface area contributed by atoms with E-state index in [0.29, 0.717) is 29.6 Å². The summed E-state index contributed by atoms with van der Waals surface area (Å²) in [6.45, 7) is 3.47. The van der Waals surface area contributed by atoms with Crippen molar-refractivity contribution in [3.8, 4) is 5.75 Å². The Kier molecular flexibility index (Phi) is 5.87. The van der Waals surface area contributed by atoms with Crippen molar-refractivity contribution < 1.29 is 13.2 Å². The Morgan fingerprint density at radius 2 is 1.86 bits per heavy atom. The fourth-order valence-corrected chi connectivity index (χ4v) is 4.14. The number of ether oxygens (including phenoxy) is 1. The molecule has 1 fully saturated rings. The van der Waals surface area contributed by atoms with Crippen molar-refractivity contribution in [2.45, 2.75) is 11.3 Å². The fourth-order valence-electron chi connectivity index (χ4n) is 2.43. The van der Waals surface area contributed by atoms with Gasteiger partial charge in [0.1, 0.15) is 5.75 Å². The highest BCUT2D eigenvalue weighted by atomic mass is 35.5. The second-order valence-electron chi connectivity index (χ2n) is 4.96. The van der Waals surface area contributed by atoms with Gasteiger partial charge in [-0.3, -0.25) is 0 Å². The molecule has 0 spiro atoms. The lowest BCUT2D eigenvalue weighted by atomic mass is 10.3.